The summed E-state index contributed by atoms with van der Waals surface area (Å²) >= 11 is 0. The maximum Gasteiger partial charge on any atom is 0.308 e. The molecule has 2 rings (SSSR count). The first kappa shape index (κ1) is 13.5. The number of fused-ring (bicyclic) bond motifs is 1. The van der Waals surface area contributed by atoms with Crippen molar-refractivity contribution in [2.45, 2.75) is 0 Å². The Morgan fingerprint density at radius 1 is 1.50 bits per heavy atom. The van der Waals surface area contributed by atoms with E-state index < -0.39 is 11.5 Å². The van der Waals surface area contributed by atoms with E-state index in [4.69, 9.17) is 4.42 Å². The van der Waals surface area contributed by atoms with Crippen LogP contribution < -0.4 is 10.9 Å². The second kappa shape index (κ2) is 5.83. The zero-order valence-electron chi connectivity index (χ0n) is 10.7. The molecule has 0 unspecified atom stereocenters. The SMILES string of the molecule is C=C/C=C(\C=C)CNC(=O)c1cnc2occn2c1=O. The average molecular weight is 271 g/mol. The Kier molecular flexibility index (Phi) is 3.95. The molecule has 0 radical (unpaired) electrons. The molecule has 0 fully saturated rings. The van der Waals surface area contributed by atoms with Gasteiger partial charge in [-0.1, -0.05) is 31.4 Å². The van der Waals surface area contributed by atoms with E-state index in [0.717, 1.165) is 5.57 Å². The van der Waals surface area contributed by atoms with Crippen LogP contribution in [0.1, 0.15) is 10.4 Å². The summed E-state index contributed by atoms with van der Waals surface area (Å²) < 4.78 is 6.14. The molecule has 1 N–H and O–H groups in total. The molecule has 0 spiro atoms. The summed E-state index contributed by atoms with van der Waals surface area (Å²) in [5, 5.41) is 2.62. The molecular weight excluding hydrogens is 258 g/mol. The number of hydrogen-bond donors (Lipinski definition) is 1. The summed E-state index contributed by atoms with van der Waals surface area (Å²) in [6, 6.07) is 0. The molecule has 0 aliphatic rings. The number of nitrogens with one attached hydrogen (secondary N) is 1. The van der Waals surface area contributed by atoms with Gasteiger partial charge in [0, 0.05) is 6.54 Å². The van der Waals surface area contributed by atoms with Gasteiger partial charge in [-0.15, -0.1) is 0 Å². The molecule has 20 heavy (non-hydrogen) atoms. The van der Waals surface area contributed by atoms with Crippen LogP contribution in [0.2, 0.25) is 0 Å². The number of rotatable bonds is 5. The van der Waals surface area contributed by atoms with Gasteiger partial charge in [0.15, 0.2) is 0 Å². The minimum Gasteiger partial charge on any atom is -0.432 e. The highest BCUT2D eigenvalue weighted by molar-refractivity contribution is 5.93. The van der Waals surface area contributed by atoms with Crippen LogP contribution in [0.3, 0.4) is 0 Å². The maximum atomic E-state index is 12.0. The number of carbonyl (C=O) groups excluding carboxylic acids is 1. The molecular formula is C14H13N3O3. The molecule has 102 valence electrons. The van der Waals surface area contributed by atoms with Crippen molar-refractivity contribution in [2.75, 3.05) is 6.54 Å². The van der Waals surface area contributed by atoms with Crippen molar-refractivity contribution < 1.29 is 9.21 Å². The van der Waals surface area contributed by atoms with Crippen LogP contribution in [-0.4, -0.2) is 21.8 Å². The number of carbonyl (C=O) groups is 1. The Labute approximate surface area is 114 Å². The number of aromatic nitrogens is 2. The largest absolute Gasteiger partial charge is 0.432 e. The zero-order valence-corrected chi connectivity index (χ0v) is 10.7. The van der Waals surface area contributed by atoms with Gasteiger partial charge in [-0.25, -0.2) is 9.38 Å². The molecule has 6 nitrogen and oxygen atoms in total. The summed E-state index contributed by atoms with van der Waals surface area (Å²) in [7, 11) is 0. The molecule has 0 atom stereocenters. The lowest BCUT2D eigenvalue weighted by Crippen LogP contribution is -2.32. The summed E-state index contributed by atoms with van der Waals surface area (Å²) in [6.45, 7) is 7.44. The van der Waals surface area contributed by atoms with Crippen molar-refractivity contribution in [3.05, 3.63) is 71.5 Å². The third-order valence-corrected chi connectivity index (χ3v) is 2.63. The van der Waals surface area contributed by atoms with Crippen LogP contribution >= 0.6 is 0 Å². The Hall–Kier alpha value is -2.89. The van der Waals surface area contributed by atoms with Gasteiger partial charge in [0.1, 0.15) is 11.8 Å². The summed E-state index contributed by atoms with van der Waals surface area (Å²) in [4.78, 5) is 27.9. The molecule has 2 aromatic rings. The third kappa shape index (κ3) is 2.59. The van der Waals surface area contributed by atoms with Crippen LogP contribution in [0.25, 0.3) is 5.84 Å². The molecule has 0 saturated heterocycles. The number of nitrogens with zero attached hydrogens (tertiary/aromatic N) is 2. The van der Waals surface area contributed by atoms with Crippen LogP contribution in [0.5, 0.6) is 0 Å². The fraction of sp³-hybridized carbons (Fsp3) is 0.0714. The van der Waals surface area contributed by atoms with Gasteiger partial charge in [0.25, 0.3) is 11.5 Å². The van der Waals surface area contributed by atoms with Gasteiger partial charge < -0.3 is 9.73 Å². The standard InChI is InChI=1S/C14H13N3O3/c1-3-5-10(4-2)8-15-12(18)11-9-16-14-17(13(11)19)6-7-20-14/h3-7,9H,1-2,8H2,(H,15,18)/b10-5+. The second-order valence-electron chi connectivity index (χ2n) is 3.90. The maximum absolute atomic E-state index is 12.0. The van der Waals surface area contributed by atoms with E-state index >= 15 is 0 Å². The van der Waals surface area contributed by atoms with Gasteiger partial charge in [-0.2, -0.15) is 0 Å². The molecule has 0 aromatic carbocycles. The first-order valence-corrected chi connectivity index (χ1v) is 5.84. The van der Waals surface area contributed by atoms with Crippen molar-refractivity contribution in [1.82, 2.24) is 14.7 Å². The molecule has 0 aliphatic carbocycles. The van der Waals surface area contributed by atoms with E-state index in [-0.39, 0.29) is 18.0 Å². The highest BCUT2D eigenvalue weighted by Gasteiger charge is 2.13. The van der Waals surface area contributed by atoms with E-state index in [2.05, 4.69) is 23.5 Å². The lowest BCUT2D eigenvalue weighted by Gasteiger charge is -2.05. The smallest absolute Gasteiger partial charge is 0.308 e. The molecule has 0 aliphatic heterocycles. The predicted octanol–water partition coefficient (Wildman–Crippen LogP) is 1.32. The molecule has 0 saturated carbocycles. The summed E-state index contributed by atoms with van der Waals surface area (Å²) in [5.41, 5.74) is 0.255. The molecule has 6 heteroatoms. The monoisotopic (exact) mass is 271 g/mol. The van der Waals surface area contributed by atoms with Crippen LogP contribution in [-0.2, 0) is 0 Å². The van der Waals surface area contributed by atoms with E-state index in [0.29, 0.717) is 0 Å². The van der Waals surface area contributed by atoms with Crippen molar-refractivity contribution in [1.29, 1.82) is 0 Å². The van der Waals surface area contributed by atoms with E-state index in [9.17, 15) is 9.59 Å². The van der Waals surface area contributed by atoms with Crippen LogP contribution in [0, 0.1) is 0 Å². The van der Waals surface area contributed by atoms with Gasteiger partial charge in [-0.3, -0.25) is 9.59 Å². The summed E-state index contributed by atoms with van der Waals surface area (Å²) in [6.07, 6.45) is 8.85. The number of amides is 1. The van der Waals surface area contributed by atoms with Crippen molar-refractivity contribution >= 4 is 11.8 Å². The quantitative estimate of drug-likeness (QED) is 0.832. The normalized spacial score (nSPS) is 11.3. The Morgan fingerprint density at radius 3 is 3.00 bits per heavy atom. The first-order chi connectivity index (χ1) is 9.67. The number of allylic oxidation sites excluding steroid dienone is 2. The molecule has 0 bridgehead atoms. The summed E-state index contributed by atoms with van der Waals surface area (Å²) in [5.74, 6) is -0.361. The van der Waals surface area contributed by atoms with E-state index in [1.807, 2.05) is 0 Å². The van der Waals surface area contributed by atoms with E-state index in [1.54, 1.807) is 18.2 Å². The van der Waals surface area contributed by atoms with Gasteiger partial charge in [-0.05, 0) is 5.57 Å². The molecule has 2 aromatic heterocycles. The average Bonchev–Trinajstić information content (AvgIpc) is 2.93. The highest BCUT2D eigenvalue weighted by Crippen LogP contribution is 1.99. The number of oxazole rings is 1. The van der Waals surface area contributed by atoms with E-state index in [1.165, 1.54) is 23.1 Å². The Morgan fingerprint density at radius 2 is 2.30 bits per heavy atom. The Balaban J connectivity index is 2.21. The highest BCUT2D eigenvalue weighted by atomic mass is 16.3. The van der Waals surface area contributed by atoms with Gasteiger partial charge >= 0.3 is 5.84 Å². The molecule has 1 amide bonds. The third-order valence-electron chi connectivity index (χ3n) is 2.63. The van der Waals surface area contributed by atoms with Gasteiger partial charge in [0.05, 0.1) is 12.4 Å². The fourth-order valence-electron chi connectivity index (χ4n) is 1.61. The minimum absolute atomic E-state index is 0.0501. The minimum atomic E-state index is -0.505. The second-order valence-corrected chi connectivity index (χ2v) is 3.90. The van der Waals surface area contributed by atoms with Crippen molar-refractivity contribution in [2.24, 2.45) is 0 Å². The van der Waals surface area contributed by atoms with Crippen LogP contribution in [0.4, 0.5) is 0 Å². The zero-order chi connectivity index (χ0) is 14.5. The Bertz CT molecular complexity index is 752. The van der Waals surface area contributed by atoms with Crippen LogP contribution in [0.15, 0.2) is 64.8 Å². The lowest BCUT2D eigenvalue weighted by atomic mass is 10.2. The van der Waals surface area contributed by atoms with Crippen molar-refractivity contribution in [3.8, 4) is 0 Å². The molecule has 2 heterocycles. The fourth-order valence-corrected chi connectivity index (χ4v) is 1.61. The first-order valence-electron chi connectivity index (χ1n) is 5.84. The predicted molar refractivity (Wildman–Crippen MR) is 74.5 cm³/mol. The van der Waals surface area contributed by atoms with Crippen molar-refractivity contribution in [3.63, 3.8) is 0 Å². The number of hydrogen-bond acceptors (Lipinski definition) is 4. The topological polar surface area (TPSA) is 76.6 Å². The van der Waals surface area contributed by atoms with Gasteiger partial charge in [0.2, 0.25) is 0 Å². The lowest BCUT2D eigenvalue weighted by molar-refractivity contribution is 0.0955.